The number of thioether (sulfide) groups is 1. The molecule has 5 nitrogen and oxygen atoms in total. The highest BCUT2D eigenvalue weighted by Crippen LogP contribution is 2.26. The van der Waals surface area contributed by atoms with Crippen LogP contribution >= 0.6 is 11.8 Å². The summed E-state index contributed by atoms with van der Waals surface area (Å²) in [4.78, 5) is 4.36. The van der Waals surface area contributed by atoms with Gasteiger partial charge in [0.2, 0.25) is 0 Å². The molecule has 160 valence electrons. The van der Waals surface area contributed by atoms with Gasteiger partial charge in [-0.3, -0.25) is 9.30 Å². The van der Waals surface area contributed by atoms with E-state index in [1.165, 1.54) is 17.5 Å². The van der Waals surface area contributed by atoms with Gasteiger partial charge in [-0.15, -0.1) is 10.2 Å². The number of pyridine rings is 1. The third-order valence-corrected chi connectivity index (χ3v) is 6.71. The largest absolute Gasteiger partial charge is 0.367 e. The van der Waals surface area contributed by atoms with Gasteiger partial charge in [-0.1, -0.05) is 30.0 Å². The minimum atomic E-state index is -0.541. The highest BCUT2D eigenvalue weighted by molar-refractivity contribution is 7.99. The zero-order valence-corrected chi connectivity index (χ0v) is 18.1. The van der Waals surface area contributed by atoms with E-state index < -0.39 is 11.6 Å². The second-order valence-electron chi connectivity index (χ2n) is 7.80. The SMILES string of the molecule is Cc1cc2ccccc2n2c(SCCN3CCN(c4ccc(F)cc4F)CC3)nnc12. The lowest BCUT2D eigenvalue weighted by Crippen LogP contribution is -2.47. The maximum atomic E-state index is 14.0. The van der Waals surface area contributed by atoms with Crippen LogP contribution in [0.1, 0.15) is 5.56 Å². The van der Waals surface area contributed by atoms with E-state index in [0.29, 0.717) is 5.69 Å². The van der Waals surface area contributed by atoms with Crippen LogP contribution < -0.4 is 4.90 Å². The highest BCUT2D eigenvalue weighted by atomic mass is 32.2. The molecule has 1 aliphatic heterocycles. The van der Waals surface area contributed by atoms with Gasteiger partial charge in [-0.25, -0.2) is 8.78 Å². The summed E-state index contributed by atoms with van der Waals surface area (Å²) in [5, 5.41) is 10.9. The number of halogens is 2. The van der Waals surface area contributed by atoms with Crippen LogP contribution in [0.15, 0.2) is 53.7 Å². The number of aromatic nitrogens is 3. The Labute approximate surface area is 183 Å². The Morgan fingerprint density at radius 1 is 0.968 bits per heavy atom. The fraction of sp³-hybridized carbons (Fsp3) is 0.304. The predicted molar refractivity (Wildman–Crippen MR) is 121 cm³/mol. The molecule has 1 saturated heterocycles. The van der Waals surface area contributed by atoms with E-state index in [9.17, 15) is 8.78 Å². The van der Waals surface area contributed by atoms with Gasteiger partial charge in [0, 0.05) is 44.5 Å². The molecule has 0 radical (unpaired) electrons. The van der Waals surface area contributed by atoms with Crippen LogP contribution in [0.25, 0.3) is 16.6 Å². The third-order valence-electron chi connectivity index (χ3n) is 5.80. The lowest BCUT2D eigenvalue weighted by atomic mass is 10.1. The van der Waals surface area contributed by atoms with Crippen LogP contribution in [0.5, 0.6) is 0 Å². The number of piperazine rings is 1. The molecule has 2 aromatic carbocycles. The highest BCUT2D eigenvalue weighted by Gasteiger charge is 2.20. The summed E-state index contributed by atoms with van der Waals surface area (Å²) in [5.41, 5.74) is 3.61. The van der Waals surface area contributed by atoms with Crippen molar-refractivity contribution in [2.24, 2.45) is 0 Å². The Morgan fingerprint density at radius 2 is 1.77 bits per heavy atom. The van der Waals surface area contributed by atoms with E-state index in [2.05, 4.69) is 44.6 Å². The quantitative estimate of drug-likeness (QED) is 0.431. The number of hydrogen-bond donors (Lipinski definition) is 0. The lowest BCUT2D eigenvalue weighted by molar-refractivity contribution is 0.272. The first-order chi connectivity index (χ1) is 15.1. The molecule has 1 aliphatic rings. The molecule has 0 amide bonds. The Morgan fingerprint density at radius 3 is 2.58 bits per heavy atom. The Bertz CT molecular complexity index is 1230. The van der Waals surface area contributed by atoms with Gasteiger partial charge in [-0.05, 0) is 42.1 Å². The number of anilines is 1. The molecule has 1 fully saturated rings. The van der Waals surface area contributed by atoms with Crippen molar-refractivity contribution in [2.45, 2.75) is 12.1 Å². The molecule has 3 heterocycles. The first-order valence-corrected chi connectivity index (χ1v) is 11.4. The Hall–Kier alpha value is -2.71. The van der Waals surface area contributed by atoms with E-state index in [1.807, 2.05) is 17.0 Å². The van der Waals surface area contributed by atoms with Crippen molar-refractivity contribution in [3.8, 4) is 0 Å². The molecular weight excluding hydrogens is 416 g/mol. The topological polar surface area (TPSA) is 36.7 Å². The summed E-state index contributed by atoms with van der Waals surface area (Å²) in [6.45, 7) is 6.13. The van der Waals surface area contributed by atoms with Crippen LogP contribution in [0.2, 0.25) is 0 Å². The molecular formula is C23H23F2N5S. The summed E-state index contributed by atoms with van der Waals surface area (Å²) < 4.78 is 29.3. The lowest BCUT2D eigenvalue weighted by Gasteiger charge is -2.36. The van der Waals surface area contributed by atoms with E-state index in [-0.39, 0.29) is 0 Å². The van der Waals surface area contributed by atoms with Crippen molar-refractivity contribution in [2.75, 3.05) is 43.4 Å². The minimum absolute atomic E-state index is 0.479. The van der Waals surface area contributed by atoms with Crippen molar-refractivity contribution in [3.05, 3.63) is 65.7 Å². The first-order valence-electron chi connectivity index (χ1n) is 10.4. The second kappa shape index (κ2) is 8.43. The summed E-state index contributed by atoms with van der Waals surface area (Å²) in [6.07, 6.45) is 0. The maximum absolute atomic E-state index is 14.0. The standard InChI is InChI=1S/C23H23F2N5S/c1-16-14-17-4-2-3-5-20(17)30-22(16)26-27-23(30)31-13-12-28-8-10-29(11-9-28)21-7-6-18(24)15-19(21)25/h2-7,14-15H,8-13H2,1H3. The molecule has 4 aromatic rings. The van der Waals surface area contributed by atoms with Gasteiger partial charge in [0.15, 0.2) is 10.8 Å². The van der Waals surface area contributed by atoms with Crippen molar-refractivity contribution in [3.63, 3.8) is 0 Å². The van der Waals surface area contributed by atoms with Gasteiger partial charge >= 0.3 is 0 Å². The summed E-state index contributed by atoms with van der Waals surface area (Å²) in [6, 6.07) is 14.2. The fourth-order valence-corrected chi connectivity index (χ4v) is 5.11. The minimum Gasteiger partial charge on any atom is -0.367 e. The van der Waals surface area contributed by atoms with Gasteiger partial charge in [0.05, 0.1) is 11.2 Å². The van der Waals surface area contributed by atoms with Crippen LogP contribution in [0.4, 0.5) is 14.5 Å². The van der Waals surface area contributed by atoms with Crippen molar-refractivity contribution >= 4 is 34.0 Å². The van der Waals surface area contributed by atoms with Crippen LogP contribution in [-0.4, -0.2) is 58.0 Å². The third kappa shape index (κ3) is 3.97. The number of benzene rings is 2. The van der Waals surface area contributed by atoms with Crippen molar-refractivity contribution in [1.82, 2.24) is 19.5 Å². The fourth-order valence-electron chi connectivity index (χ4n) is 4.16. The van der Waals surface area contributed by atoms with Gasteiger partial charge in [0.25, 0.3) is 0 Å². The first kappa shape index (κ1) is 20.2. The van der Waals surface area contributed by atoms with E-state index in [0.717, 1.165) is 66.4 Å². The zero-order chi connectivity index (χ0) is 21.4. The predicted octanol–water partition coefficient (Wildman–Crippen LogP) is 4.38. The molecule has 0 bridgehead atoms. The van der Waals surface area contributed by atoms with Crippen LogP contribution in [0, 0.1) is 18.6 Å². The molecule has 0 N–H and O–H groups in total. The molecule has 31 heavy (non-hydrogen) atoms. The number of para-hydroxylation sites is 1. The number of aryl methyl sites for hydroxylation is 1. The second-order valence-corrected chi connectivity index (χ2v) is 8.86. The zero-order valence-electron chi connectivity index (χ0n) is 17.3. The van der Waals surface area contributed by atoms with Crippen LogP contribution in [0.3, 0.4) is 0 Å². The number of rotatable bonds is 5. The van der Waals surface area contributed by atoms with E-state index >= 15 is 0 Å². The molecule has 0 saturated carbocycles. The number of nitrogens with zero attached hydrogens (tertiary/aromatic N) is 5. The maximum Gasteiger partial charge on any atom is 0.196 e. The molecule has 0 atom stereocenters. The average molecular weight is 440 g/mol. The van der Waals surface area contributed by atoms with E-state index in [1.54, 1.807) is 11.8 Å². The molecule has 0 aliphatic carbocycles. The normalized spacial score (nSPS) is 15.3. The van der Waals surface area contributed by atoms with E-state index in [4.69, 9.17) is 0 Å². The Kier molecular flexibility index (Phi) is 5.50. The number of hydrogen-bond acceptors (Lipinski definition) is 5. The Balaban J connectivity index is 1.22. The molecule has 0 unspecified atom stereocenters. The summed E-state index contributed by atoms with van der Waals surface area (Å²) in [7, 11) is 0. The van der Waals surface area contributed by atoms with Gasteiger partial charge in [0.1, 0.15) is 11.6 Å². The summed E-state index contributed by atoms with van der Waals surface area (Å²) in [5.74, 6) is -0.139. The van der Waals surface area contributed by atoms with Crippen molar-refractivity contribution < 1.29 is 8.78 Å². The van der Waals surface area contributed by atoms with Gasteiger partial charge < -0.3 is 4.90 Å². The smallest absolute Gasteiger partial charge is 0.196 e. The van der Waals surface area contributed by atoms with Crippen LogP contribution in [-0.2, 0) is 0 Å². The molecule has 8 heteroatoms. The monoisotopic (exact) mass is 439 g/mol. The molecule has 0 spiro atoms. The van der Waals surface area contributed by atoms with Crippen molar-refractivity contribution in [1.29, 1.82) is 0 Å². The van der Waals surface area contributed by atoms with Gasteiger partial charge in [-0.2, -0.15) is 0 Å². The molecule has 2 aromatic heterocycles. The molecule has 5 rings (SSSR count). The summed E-state index contributed by atoms with van der Waals surface area (Å²) >= 11 is 1.71. The average Bonchev–Trinajstić information content (AvgIpc) is 3.20. The number of fused-ring (bicyclic) bond motifs is 3.